The maximum Gasteiger partial charge on any atom is 0.273 e. The number of hydrogen-bond donors (Lipinski definition) is 3. The Kier molecular flexibility index (Phi) is 7.48. The van der Waals surface area contributed by atoms with Crippen LogP contribution < -0.4 is 21.7 Å². The molecule has 3 heterocycles. The van der Waals surface area contributed by atoms with Crippen molar-refractivity contribution >= 4 is 51.5 Å². The minimum absolute atomic E-state index is 0.147. The number of rotatable bonds is 8. The largest absolute Gasteiger partial charge is 0.395 e. The van der Waals surface area contributed by atoms with Crippen molar-refractivity contribution in [3.05, 3.63) is 82.7 Å². The van der Waals surface area contributed by atoms with Crippen LogP contribution in [0.3, 0.4) is 0 Å². The van der Waals surface area contributed by atoms with Gasteiger partial charge in [0.05, 0.1) is 23.0 Å². The molecule has 5 N–H and O–H groups in total. The highest BCUT2D eigenvalue weighted by atomic mass is 32.1. The highest BCUT2D eigenvalue weighted by Gasteiger charge is 2.37. The summed E-state index contributed by atoms with van der Waals surface area (Å²) in [6.07, 6.45) is 3.15. The van der Waals surface area contributed by atoms with Gasteiger partial charge < -0.3 is 21.5 Å². The summed E-state index contributed by atoms with van der Waals surface area (Å²) in [5, 5.41) is 3.60. The number of aromatic nitrogens is 2. The Labute approximate surface area is 226 Å². The molecule has 200 valence electrons. The number of carbonyl (C=O) groups excluding carboxylic acids is 3. The quantitative estimate of drug-likeness (QED) is 0.306. The zero-order valence-electron chi connectivity index (χ0n) is 20.7. The van der Waals surface area contributed by atoms with E-state index < -0.39 is 29.6 Å². The maximum absolute atomic E-state index is 15.3. The van der Waals surface area contributed by atoms with Gasteiger partial charge >= 0.3 is 0 Å². The maximum atomic E-state index is 15.3. The first-order valence-electron chi connectivity index (χ1n) is 12.2. The Hall–Kier alpha value is -4.42. The summed E-state index contributed by atoms with van der Waals surface area (Å²) < 4.78 is 24.9. The molecule has 1 aliphatic heterocycles. The van der Waals surface area contributed by atoms with Gasteiger partial charge in [-0.25, -0.2) is 4.39 Å². The molecule has 0 saturated carbocycles. The average Bonchev–Trinajstić information content (AvgIpc) is 3.60. The molecule has 0 aliphatic carbocycles. The second kappa shape index (κ2) is 11.1. The Morgan fingerprint density at radius 2 is 2.00 bits per heavy atom. The van der Waals surface area contributed by atoms with Gasteiger partial charge in [-0.1, -0.05) is 24.3 Å². The summed E-state index contributed by atoms with van der Waals surface area (Å²) in [5.41, 5.74) is 11.9. The van der Waals surface area contributed by atoms with E-state index in [0.29, 0.717) is 29.2 Å². The van der Waals surface area contributed by atoms with Crippen LogP contribution >= 0.6 is 11.5 Å². The normalized spacial score (nSPS) is 15.7. The number of nitrogen functional groups attached to an aromatic ring is 1. The number of fused-ring (bicyclic) bond motifs is 1. The lowest BCUT2D eigenvalue weighted by molar-refractivity contribution is -0.123. The molecular weight excluding hydrogens is 523 g/mol. The lowest BCUT2D eigenvalue weighted by Crippen LogP contribution is -2.46. The Balaban J connectivity index is 1.65. The number of carbonyl (C=O) groups is 3. The third-order valence-electron chi connectivity index (χ3n) is 6.46. The van der Waals surface area contributed by atoms with Gasteiger partial charge in [-0.2, -0.15) is 4.37 Å². The second-order valence-corrected chi connectivity index (χ2v) is 9.78. The van der Waals surface area contributed by atoms with E-state index >= 15 is 4.39 Å². The lowest BCUT2D eigenvalue weighted by Gasteiger charge is -2.32. The molecule has 3 amide bonds. The molecule has 39 heavy (non-hydrogen) atoms. The molecule has 1 aliphatic rings. The molecule has 0 bridgehead atoms. The molecule has 1 fully saturated rings. The number of para-hydroxylation sites is 1. The highest BCUT2D eigenvalue weighted by Crippen LogP contribution is 2.35. The van der Waals surface area contributed by atoms with E-state index in [1.165, 1.54) is 18.2 Å². The van der Waals surface area contributed by atoms with Gasteiger partial charge in [-0.3, -0.25) is 24.3 Å². The standard InChI is InChI=1S/C27H25FN6O4S/c28-18-7-1-2-8-20(18)34(27(37)24-21(29)22(25(30)35)33-39-24)23(26(36)32-14-17-6-4-12-38-17)16-9-10-19-15(13-16)5-3-11-31-19/h1-3,5,7-11,13,17,23H,4,6,12,14,29H2,(H2,30,35)(H,32,36). The van der Waals surface area contributed by atoms with Gasteiger partial charge in [0, 0.05) is 24.7 Å². The number of anilines is 2. The van der Waals surface area contributed by atoms with E-state index in [0.717, 1.165) is 23.1 Å². The number of primary amides is 1. The fourth-order valence-corrected chi connectivity index (χ4v) is 5.29. The van der Waals surface area contributed by atoms with E-state index in [-0.39, 0.29) is 34.6 Å². The molecule has 12 heteroatoms. The first-order chi connectivity index (χ1) is 18.8. The fourth-order valence-electron chi connectivity index (χ4n) is 4.55. The number of nitrogens with two attached hydrogens (primary N) is 2. The Morgan fingerprint density at radius 3 is 2.72 bits per heavy atom. The number of halogens is 1. The van der Waals surface area contributed by atoms with Gasteiger partial charge in [-0.05, 0) is 60.3 Å². The molecule has 2 atom stereocenters. The number of benzene rings is 2. The zero-order valence-corrected chi connectivity index (χ0v) is 21.5. The summed E-state index contributed by atoms with van der Waals surface area (Å²) >= 11 is 0.651. The van der Waals surface area contributed by atoms with E-state index in [1.807, 2.05) is 6.07 Å². The number of nitrogens with one attached hydrogen (secondary N) is 1. The van der Waals surface area contributed by atoms with Crippen LogP contribution in [0.2, 0.25) is 0 Å². The van der Waals surface area contributed by atoms with Crippen LogP contribution in [0.15, 0.2) is 60.8 Å². The van der Waals surface area contributed by atoms with Gasteiger partial charge in [0.1, 0.15) is 16.7 Å². The van der Waals surface area contributed by atoms with E-state index in [1.54, 1.807) is 36.5 Å². The van der Waals surface area contributed by atoms with Crippen LogP contribution in [-0.4, -0.2) is 46.3 Å². The van der Waals surface area contributed by atoms with Crippen LogP contribution in [0.4, 0.5) is 15.8 Å². The smallest absolute Gasteiger partial charge is 0.273 e. The molecule has 0 radical (unpaired) electrons. The van der Waals surface area contributed by atoms with E-state index in [2.05, 4.69) is 14.7 Å². The molecule has 1 saturated heterocycles. The molecule has 4 aromatic rings. The van der Waals surface area contributed by atoms with Crippen molar-refractivity contribution in [2.75, 3.05) is 23.8 Å². The van der Waals surface area contributed by atoms with Crippen LogP contribution in [0.25, 0.3) is 10.9 Å². The van der Waals surface area contributed by atoms with Gasteiger partial charge in [-0.15, -0.1) is 0 Å². The Morgan fingerprint density at radius 1 is 1.18 bits per heavy atom. The van der Waals surface area contributed by atoms with Crippen LogP contribution in [-0.2, 0) is 9.53 Å². The fraction of sp³-hybridized carbons (Fsp3) is 0.222. The third-order valence-corrected chi connectivity index (χ3v) is 7.31. The van der Waals surface area contributed by atoms with Crippen molar-refractivity contribution in [1.29, 1.82) is 0 Å². The summed E-state index contributed by atoms with van der Waals surface area (Å²) in [6.45, 7) is 0.826. The predicted molar refractivity (Wildman–Crippen MR) is 145 cm³/mol. The molecule has 10 nitrogen and oxygen atoms in total. The monoisotopic (exact) mass is 548 g/mol. The van der Waals surface area contributed by atoms with Gasteiger partial charge in [0.15, 0.2) is 5.69 Å². The molecule has 2 unspecified atom stereocenters. The SMILES string of the molecule is NC(=O)c1nsc(C(=O)N(c2ccccc2F)C(C(=O)NCC2CCCO2)c2ccc3ncccc3c2)c1N. The number of pyridine rings is 1. The van der Waals surface area contributed by atoms with Crippen molar-refractivity contribution in [1.82, 2.24) is 14.7 Å². The summed E-state index contributed by atoms with van der Waals surface area (Å²) in [7, 11) is 0. The minimum atomic E-state index is -1.32. The van der Waals surface area contributed by atoms with Crippen molar-refractivity contribution in [2.24, 2.45) is 5.73 Å². The summed E-state index contributed by atoms with van der Waals surface area (Å²) in [5.74, 6) is -3.01. The van der Waals surface area contributed by atoms with E-state index in [4.69, 9.17) is 16.2 Å². The van der Waals surface area contributed by atoms with Crippen LogP contribution in [0, 0.1) is 5.82 Å². The minimum Gasteiger partial charge on any atom is -0.395 e. The second-order valence-electron chi connectivity index (χ2n) is 9.00. The summed E-state index contributed by atoms with van der Waals surface area (Å²) in [6, 6.07) is 13.0. The molecule has 2 aromatic carbocycles. The van der Waals surface area contributed by atoms with Crippen molar-refractivity contribution < 1.29 is 23.5 Å². The Bertz CT molecular complexity index is 1550. The zero-order chi connectivity index (χ0) is 27.5. The van der Waals surface area contributed by atoms with Crippen LogP contribution in [0.5, 0.6) is 0 Å². The lowest BCUT2D eigenvalue weighted by atomic mass is 10.00. The van der Waals surface area contributed by atoms with Crippen molar-refractivity contribution in [3.63, 3.8) is 0 Å². The number of amides is 3. The average molecular weight is 549 g/mol. The molecule has 2 aromatic heterocycles. The van der Waals surface area contributed by atoms with Gasteiger partial charge in [0.2, 0.25) is 5.91 Å². The van der Waals surface area contributed by atoms with Crippen molar-refractivity contribution in [3.8, 4) is 0 Å². The highest BCUT2D eigenvalue weighted by molar-refractivity contribution is 7.09. The third kappa shape index (κ3) is 5.29. The van der Waals surface area contributed by atoms with Crippen molar-refractivity contribution in [2.45, 2.75) is 25.0 Å². The number of nitrogens with zero attached hydrogens (tertiary/aromatic N) is 3. The van der Waals surface area contributed by atoms with Crippen LogP contribution in [0.1, 0.15) is 44.6 Å². The topological polar surface area (TPSA) is 154 Å². The molecule has 0 spiro atoms. The number of hydrogen-bond acceptors (Lipinski definition) is 8. The molecular formula is C27H25FN6O4S. The summed E-state index contributed by atoms with van der Waals surface area (Å²) in [4.78, 5) is 44.9. The van der Waals surface area contributed by atoms with Gasteiger partial charge in [0.25, 0.3) is 11.8 Å². The predicted octanol–water partition coefficient (Wildman–Crippen LogP) is 3.19. The molecule has 5 rings (SSSR count). The first-order valence-corrected chi connectivity index (χ1v) is 13.0. The van der Waals surface area contributed by atoms with E-state index in [9.17, 15) is 14.4 Å². The number of ether oxygens (including phenoxy) is 1. The first kappa shape index (κ1) is 26.2.